The highest BCUT2D eigenvalue weighted by Gasteiger charge is 2.39. The Kier molecular flexibility index (Phi) is 4.14. The summed E-state index contributed by atoms with van der Waals surface area (Å²) in [4.78, 5) is 5.05. The molecule has 1 aliphatic heterocycles. The van der Waals surface area contributed by atoms with Crippen LogP contribution in [0.15, 0.2) is 27.7 Å². The van der Waals surface area contributed by atoms with Gasteiger partial charge in [0.1, 0.15) is 0 Å². The van der Waals surface area contributed by atoms with Crippen LogP contribution >= 0.6 is 27.7 Å². The first-order valence-electron chi connectivity index (χ1n) is 7.32. The standard InChI is InChI=1S/C16H21BrN2S/c1-11-4-3-7-16(9-11)10-20-15(19-16)18-14-8-13(17)6-5-12(14)2/h5-6,8,11H,3-4,7,9-10H2,1-2H3,(H,18,19). The zero-order valence-electron chi connectivity index (χ0n) is 12.1. The van der Waals surface area contributed by atoms with Crippen LogP contribution < -0.4 is 5.32 Å². The monoisotopic (exact) mass is 352 g/mol. The maximum atomic E-state index is 5.05. The van der Waals surface area contributed by atoms with Gasteiger partial charge in [-0.3, -0.25) is 4.99 Å². The molecule has 0 radical (unpaired) electrons. The summed E-state index contributed by atoms with van der Waals surface area (Å²) in [5.74, 6) is 1.97. The normalized spacial score (nSPS) is 29.6. The lowest BCUT2D eigenvalue weighted by molar-refractivity contribution is 0.266. The first kappa shape index (κ1) is 14.5. The summed E-state index contributed by atoms with van der Waals surface area (Å²) < 4.78 is 1.11. The predicted octanol–water partition coefficient (Wildman–Crippen LogP) is 5.22. The molecule has 0 saturated heterocycles. The summed E-state index contributed by atoms with van der Waals surface area (Å²) in [6.07, 6.45) is 5.21. The van der Waals surface area contributed by atoms with E-state index in [0.717, 1.165) is 27.0 Å². The van der Waals surface area contributed by atoms with Crippen molar-refractivity contribution in [3.8, 4) is 0 Å². The summed E-state index contributed by atoms with van der Waals surface area (Å²) in [5.41, 5.74) is 2.63. The zero-order valence-corrected chi connectivity index (χ0v) is 14.5. The summed E-state index contributed by atoms with van der Waals surface area (Å²) in [7, 11) is 0. The minimum atomic E-state index is 0.213. The molecule has 3 rings (SSSR count). The maximum Gasteiger partial charge on any atom is 0.161 e. The van der Waals surface area contributed by atoms with Crippen molar-refractivity contribution in [3.05, 3.63) is 28.2 Å². The fraction of sp³-hybridized carbons (Fsp3) is 0.562. The number of anilines is 1. The highest BCUT2D eigenvalue weighted by Crippen LogP contribution is 2.42. The molecule has 1 heterocycles. The molecule has 2 unspecified atom stereocenters. The number of hydrogen-bond donors (Lipinski definition) is 1. The number of benzene rings is 1. The van der Waals surface area contributed by atoms with E-state index in [1.807, 2.05) is 11.8 Å². The summed E-state index contributed by atoms with van der Waals surface area (Å²) in [6, 6.07) is 6.34. The van der Waals surface area contributed by atoms with Crippen LogP contribution in [0.2, 0.25) is 0 Å². The SMILES string of the molecule is Cc1ccc(Br)cc1NC1=NC2(CCCC(C)C2)CS1. The number of amidine groups is 1. The van der Waals surface area contributed by atoms with Crippen LogP contribution in [0.3, 0.4) is 0 Å². The Hall–Kier alpha value is -0.480. The maximum absolute atomic E-state index is 5.05. The molecular formula is C16H21BrN2S. The smallest absolute Gasteiger partial charge is 0.161 e. The number of halogens is 1. The fourth-order valence-corrected chi connectivity index (χ4v) is 4.79. The van der Waals surface area contributed by atoms with Gasteiger partial charge in [0.2, 0.25) is 0 Å². The van der Waals surface area contributed by atoms with Crippen molar-refractivity contribution >= 4 is 38.5 Å². The third-order valence-corrected chi connectivity index (χ3v) is 5.97. The first-order chi connectivity index (χ1) is 9.56. The number of nitrogens with zero attached hydrogens (tertiary/aromatic N) is 1. The largest absolute Gasteiger partial charge is 0.335 e. The Morgan fingerprint density at radius 2 is 2.30 bits per heavy atom. The number of hydrogen-bond acceptors (Lipinski definition) is 3. The van der Waals surface area contributed by atoms with Crippen molar-refractivity contribution < 1.29 is 0 Å². The van der Waals surface area contributed by atoms with Crippen LogP contribution in [0.1, 0.15) is 38.2 Å². The van der Waals surface area contributed by atoms with Crippen LogP contribution in [0.4, 0.5) is 5.69 Å². The topological polar surface area (TPSA) is 24.4 Å². The second-order valence-corrected chi connectivity index (χ2v) is 8.10. The van der Waals surface area contributed by atoms with Gasteiger partial charge in [0, 0.05) is 15.9 Å². The Morgan fingerprint density at radius 1 is 1.45 bits per heavy atom. The number of aliphatic imine (C=N–C) groups is 1. The Morgan fingerprint density at radius 3 is 3.10 bits per heavy atom. The molecule has 1 fully saturated rings. The van der Waals surface area contributed by atoms with E-state index in [-0.39, 0.29) is 5.54 Å². The summed E-state index contributed by atoms with van der Waals surface area (Å²) in [6.45, 7) is 4.50. The summed E-state index contributed by atoms with van der Waals surface area (Å²) >= 11 is 5.42. The average molecular weight is 353 g/mol. The molecule has 1 aliphatic carbocycles. The van der Waals surface area contributed by atoms with E-state index >= 15 is 0 Å². The number of rotatable bonds is 1. The summed E-state index contributed by atoms with van der Waals surface area (Å²) in [5, 5.41) is 4.62. The molecule has 1 saturated carbocycles. The third-order valence-electron chi connectivity index (χ3n) is 4.32. The Labute approximate surface area is 134 Å². The van der Waals surface area contributed by atoms with Crippen LogP contribution in [0, 0.1) is 12.8 Å². The second-order valence-electron chi connectivity index (χ2n) is 6.22. The molecule has 2 aliphatic rings. The van der Waals surface area contributed by atoms with Gasteiger partial charge >= 0.3 is 0 Å². The van der Waals surface area contributed by atoms with Crippen LogP contribution in [0.25, 0.3) is 0 Å². The average Bonchev–Trinajstić information content (AvgIpc) is 2.76. The number of thioether (sulfide) groups is 1. The van der Waals surface area contributed by atoms with Crippen molar-refractivity contribution in [1.29, 1.82) is 0 Å². The minimum Gasteiger partial charge on any atom is -0.335 e. The molecular weight excluding hydrogens is 332 g/mol. The van der Waals surface area contributed by atoms with E-state index in [4.69, 9.17) is 4.99 Å². The molecule has 1 aromatic rings. The molecule has 0 bridgehead atoms. The Bertz CT molecular complexity index is 543. The second kappa shape index (κ2) is 5.72. The molecule has 1 spiro atoms. The first-order valence-corrected chi connectivity index (χ1v) is 9.10. The highest BCUT2D eigenvalue weighted by atomic mass is 79.9. The molecule has 0 aromatic heterocycles. The van der Waals surface area contributed by atoms with Crippen LogP contribution in [0.5, 0.6) is 0 Å². The lowest BCUT2D eigenvalue weighted by Gasteiger charge is -2.33. The van der Waals surface area contributed by atoms with Gasteiger partial charge in [-0.15, -0.1) is 0 Å². The van der Waals surface area contributed by atoms with Gasteiger partial charge < -0.3 is 5.32 Å². The lowest BCUT2D eigenvalue weighted by atomic mass is 9.78. The van der Waals surface area contributed by atoms with E-state index in [0.29, 0.717) is 0 Å². The van der Waals surface area contributed by atoms with E-state index in [2.05, 4.69) is 53.3 Å². The van der Waals surface area contributed by atoms with Gasteiger partial charge in [0.25, 0.3) is 0 Å². The van der Waals surface area contributed by atoms with Crippen LogP contribution in [-0.4, -0.2) is 16.5 Å². The van der Waals surface area contributed by atoms with Crippen molar-refractivity contribution in [2.24, 2.45) is 10.9 Å². The van der Waals surface area contributed by atoms with Gasteiger partial charge in [-0.05, 0) is 43.4 Å². The molecule has 0 amide bonds. The van der Waals surface area contributed by atoms with E-state index in [1.165, 1.54) is 31.2 Å². The van der Waals surface area contributed by atoms with E-state index < -0.39 is 0 Å². The van der Waals surface area contributed by atoms with Crippen molar-refractivity contribution in [3.63, 3.8) is 0 Å². The molecule has 20 heavy (non-hydrogen) atoms. The van der Waals surface area contributed by atoms with Gasteiger partial charge in [-0.1, -0.05) is 53.5 Å². The Balaban J connectivity index is 1.77. The quantitative estimate of drug-likeness (QED) is 0.748. The van der Waals surface area contributed by atoms with Gasteiger partial charge in [-0.2, -0.15) is 0 Å². The fourth-order valence-electron chi connectivity index (χ4n) is 3.26. The van der Waals surface area contributed by atoms with Crippen molar-refractivity contribution in [1.82, 2.24) is 0 Å². The molecule has 108 valence electrons. The highest BCUT2D eigenvalue weighted by molar-refractivity contribution is 9.10. The van der Waals surface area contributed by atoms with Crippen molar-refractivity contribution in [2.45, 2.75) is 45.1 Å². The van der Waals surface area contributed by atoms with Crippen molar-refractivity contribution in [2.75, 3.05) is 11.1 Å². The molecule has 4 heteroatoms. The van der Waals surface area contributed by atoms with Gasteiger partial charge in [0.15, 0.2) is 5.17 Å². The van der Waals surface area contributed by atoms with Gasteiger partial charge in [0.05, 0.1) is 5.54 Å². The molecule has 1 aromatic carbocycles. The molecule has 2 nitrogen and oxygen atoms in total. The number of aryl methyl sites for hydroxylation is 1. The predicted molar refractivity (Wildman–Crippen MR) is 92.8 cm³/mol. The van der Waals surface area contributed by atoms with E-state index in [9.17, 15) is 0 Å². The van der Waals surface area contributed by atoms with Gasteiger partial charge in [-0.25, -0.2) is 0 Å². The molecule has 2 atom stereocenters. The zero-order chi connectivity index (χ0) is 14.2. The minimum absolute atomic E-state index is 0.213. The lowest BCUT2D eigenvalue weighted by Crippen LogP contribution is -2.33. The molecule has 1 N–H and O–H groups in total. The van der Waals surface area contributed by atoms with E-state index in [1.54, 1.807) is 0 Å². The number of nitrogens with one attached hydrogen (secondary N) is 1. The third kappa shape index (κ3) is 3.06. The van der Waals surface area contributed by atoms with Crippen LogP contribution in [-0.2, 0) is 0 Å².